The molecule has 0 N–H and O–H groups in total. The maximum absolute atomic E-state index is 5.47. The zero-order valence-electron chi connectivity index (χ0n) is 30.2. The van der Waals surface area contributed by atoms with Crippen molar-refractivity contribution in [2.75, 3.05) is 0 Å². The lowest BCUT2D eigenvalue weighted by Gasteiger charge is -2.11. The molecule has 7 aromatic carbocycles. The molecule has 0 unspecified atom stereocenters. The van der Waals surface area contributed by atoms with E-state index in [4.69, 9.17) is 20.1 Å². The van der Waals surface area contributed by atoms with Crippen molar-refractivity contribution < 1.29 is 0 Å². The van der Waals surface area contributed by atoms with Gasteiger partial charge in [0.1, 0.15) is 5.69 Å². The van der Waals surface area contributed by atoms with Crippen LogP contribution in [-0.4, -0.2) is 29.1 Å². The van der Waals surface area contributed by atoms with Crippen molar-refractivity contribution in [1.29, 1.82) is 0 Å². The van der Waals surface area contributed by atoms with E-state index in [0.717, 1.165) is 82.9 Å². The van der Waals surface area contributed by atoms with Crippen molar-refractivity contribution in [2.24, 2.45) is 0 Å². The first kappa shape index (κ1) is 31.8. The fourth-order valence-corrected chi connectivity index (χ4v) is 8.04. The molecule has 4 aromatic heterocycles. The SMILES string of the molecule is c1ccc(-c2nc(-c3cccc(-c4nn5c(-c6ccccc6)cc6ccccc6c5c4-c4ccccc4)c3)nc(-n3c4ccccc4c4ccccc43)n2)cc1. The Kier molecular flexibility index (Phi) is 7.38. The molecule has 0 fully saturated rings. The van der Waals surface area contributed by atoms with Crippen LogP contribution < -0.4 is 0 Å². The van der Waals surface area contributed by atoms with Gasteiger partial charge in [0.05, 0.1) is 22.2 Å². The van der Waals surface area contributed by atoms with E-state index in [0.29, 0.717) is 17.6 Å². The highest BCUT2D eigenvalue weighted by atomic mass is 15.2. The van der Waals surface area contributed by atoms with Crippen molar-refractivity contribution in [2.45, 2.75) is 0 Å². The van der Waals surface area contributed by atoms with Gasteiger partial charge in [-0.15, -0.1) is 0 Å². The number of benzene rings is 7. The molecule has 0 saturated carbocycles. The van der Waals surface area contributed by atoms with E-state index in [1.807, 2.05) is 36.4 Å². The van der Waals surface area contributed by atoms with E-state index in [1.54, 1.807) is 0 Å². The highest BCUT2D eigenvalue weighted by Gasteiger charge is 2.23. The molecule has 0 radical (unpaired) electrons. The average molecular weight is 717 g/mol. The summed E-state index contributed by atoms with van der Waals surface area (Å²) in [6.07, 6.45) is 0. The molecule has 56 heavy (non-hydrogen) atoms. The molecule has 11 aromatic rings. The number of aromatic nitrogens is 6. The van der Waals surface area contributed by atoms with E-state index >= 15 is 0 Å². The normalized spacial score (nSPS) is 11.6. The molecule has 0 aliphatic heterocycles. The van der Waals surface area contributed by atoms with Crippen LogP contribution in [0.4, 0.5) is 0 Å². The first-order chi connectivity index (χ1) is 27.8. The molecule has 0 spiro atoms. The zero-order chi connectivity index (χ0) is 37.0. The third kappa shape index (κ3) is 5.19. The van der Waals surface area contributed by atoms with Crippen molar-refractivity contribution in [3.8, 4) is 62.4 Å². The second-order valence-electron chi connectivity index (χ2n) is 13.9. The zero-order valence-corrected chi connectivity index (χ0v) is 30.2. The van der Waals surface area contributed by atoms with E-state index < -0.39 is 0 Å². The van der Waals surface area contributed by atoms with Crippen LogP contribution in [0.1, 0.15) is 0 Å². The molecule has 6 nitrogen and oxygen atoms in total. The van der Waals surface area contributed by atoms with Gasteiger partial charge in [0.2, 0.25) is 5.95 Å². The van der Waals surface area contributed by atoms with Crippen LogP contribution in [0.3, 0.4) is 0 Å². The van der Waals surface area contributed by atoms with Gasteiger partial charge in [-0.05, 0) is 35.2 Å². The predicted molar refractivity (Wildman–Crippen MR) is 228 cm³/mol. The highest BCUT2D eigenvalue weighted by Crippen LogP contribution is 2.41. The second kappa shape index (κ2) is 13.0. The summed E-state index contributed by atoms with van der Waals surface area (Å²) in [7, 11) is 0. The minimum Gasteiger partial charge on any atom is -0.278 e. The van der Waals surface area contributed by atoms with Gasteiger partial charge in [0.25, 0.3) is 0 Å². The molecular weight excluding hydrogens is 685 g/mol. The predicted octanol–water partition coefficient (Wildman–Crippen LogP) is 12.1. The van der Waals surface area contributed by atoms with Crippen LogP contribution in [-0.2, 0) is 0 Å². The van der Waals surface area contributed by atoms with E-state index in [2.05, 4.69) is 167 Å². The minimum absolute atomic E-state index is 0.563. The second-order valence-corrected chi connectivity index (χ2v) is 13.9. The number of para-hydroxylation sites is 2. The lowest BCUT2D eigenvalue weighted by molar-refractivity contribution is 0.953. The fourth-order valence-electron chi connectivity index (χ4n) is 8.04. The Balaban J connectivity index is 1.17. The molecule has 0 atom stereocenters. The summed E-state index contributed by atoms with van der Waals surface area (Å²) >= 11 is 0. The van der Waals surface area contributed by atoms with Crippen molar-refractivity contribution in [3.63, 3.8) is 0 Å². The van der Waals surface area contributed by atoms with Gasteiger partial charge in [-0.25, -0.2) is 9.50 Å². The van der Waals surface area contributed by atoms with Gasteiger partial charge < -0.3 is 0 Å². The quantitative estimate of drug-likeness (QED) is 0.172. The molecule has 0 saturated heterocycles. The Morgan fingerprint density at radius 1 is 0.375 bits per heavy atom. The van der Waals surface area contributed by atoms with Crippen LogP contribution >= 0.6 is 0 Å². The molecule has 0 aliphatic carbocycles. The van der Waals surface area contributed by atoms with Gasteiger partial charge in [-0.2, -0.15) is 15.1 Å². The van der Waals surface area contributed by atoms with Crippen LogP contribution in [0.15, 0.2) is 194 Å². The third-order valence-corrected chi connectivity index (χ3v) is 10.6. The number of hydrogen-bond acceptors (Lipinski definition) is 4. The first-order valence-electron chi connectivity index (χ1n) is 18.7. The average Bonchev–Trinajstić information content (AvgIpc) is 3.85. The molecule has 11 rings (SSSR count). The highest BCUT2D eigenvalue weighted by molar-refractivity contribution is 6.10. The van der Waals surface area contributed by atoms with Gasteiger partial charge in [-0.1, -0.05) is 170 Å². The summed E-state index contributed by atoms with van der Waals surface area (Å²) in [4.78, 5) is 15.5. The molecular formula is C50H32N6. The summed E-state index contributed by atoms with van der Waals surface area (Å²) in [6, 6.07) is 67.3. The van der Waals surface area contributed by atoms with E-state index in [-0.39, 0.29) is 0 Å². The number of fused-ring (bicyclic) bond motifs is 6. The van der Waals surface area contributed by atoms with E-state index in [1.165, 1.54) is 0 Å². The molecule has 0 bridgehead atoms. The summed E-state index contributed by atoms with van der Waals surface area (Å²) in [5.41, 5.74) is 11.1. The summed E-state index contributed by atoms with van der Waals surface area (Å²) in [5, 5.41) is 10.1. The number of rotatable bonds is 6. The Bertz CT molecular complexity index is 3190. The Hall–Kier alpha value is -7.70. The molecule has 0 amide bonds. The molecule has 262 valence electrons. The number of hydrogen-bond donors (Lipinski definition) is 0. The van der Waals surface area contributed by atoms with Crippen LogP contribution in [0.2, 0.25) is 0 Å². The minimum atomic E-state index is 0.563. The summed E-state index contributed by atoms with van der Waals surface area (Å²) < 4.78 is 4.27. The number of nitrogens with zero attached hydrogens (tertiary/aromatic N) is 6. The molecule has 6 heteroatoms. The Morgan fingerprint density at radius 2 is 0.893 bits per heavy atom. The van der Waals surface area contributed by atoms with Gasteiger partial charge in [0, 0.05) is 44.0 Å². The summed E-state index contributed by atoms with van der Waals surface area (Å²) in [6.45, 7) is 0. The largest absolute Gasteiger partial charge is 0.278 e. The van der Waals surface area contributed by atoms with Gasteiger partial charge in [0.15, 0.2) is 11.6 Å². The fraction of sp³-hybridized carbons (Fsp3) is 0. The van der Waals surface area contributed by atoms with Crippen LogP contribution in [0, 0.1) is 0 Å². The Labute approximate surface area is 322 Å². The molecule has 0 aliphatic rings. The van der Waals surface area contributed by atoms with Crippen LogP contribution in [0.5, 0.6) is 0 Å². The lowest BCUT2D eigenvalue weighted by Crippen LogP contribution is -2.06. The maximum atomic E-state index is 5.47. The maximum Gasteiger partial charge on any atom is 0.238 e. The topological polar surface area (TPSA) is 60.9 Å². The smallest absolute Gasteiger partial charge is 0.238 e. The van der Waals surface area contributed by atoms with Crippen molar-refractivity contribution in [1.82, 2.24) is 29.1 Å². The standard InChI is InChI=1S/C50H32N6/c1-4-17-33(18-5-1)44-32-36-23-10-11-26-39(36)47-45(34-19-6-2-7-20-34)46(54-56(44)47)37-24-16-25-38(31-37)49-51-48(35-21-8-3-9-22-35)52-50(53-49)55-42-29-14-12-27-40(42)41-28-13-15-30-43(41)55/h1-32H. The van der Waals surface area contributed by atoms with Crippen molar-refractivity contribution in [3.05, 3.63) is 194 Å². The molecule has 4 heterocycles. The van der Waals surface area contributed by atoms with E-state index in [9.17, 15) is 0 Å². The first-order valence-corrected chi connectivity index (χ1v) is 18.7. The van der Waals surface area contributed by atoms with Crippen molar-refractivity contribution >= 4 is 38.1 Å². The van der Waals surface area contributed by atoms with Gasteiger partial charge in [-0.3, -0.25) is 4.57 Å². The van der Waals surface area contributed by atoms with Gasteiger partial charge >= 0.3 is 0 Å². The lowest BCUT2D eigenvalue weighted by atomic mass is 9.96. The monoisotopic (exact) mass is 716 g/mol. The number of pyridine rings is 1. The van der Waals surface area contributed by atoms with Crippen LogP contribution in [0.25, 0.3) is 100 Å². The third-order valence-electron chi connectivity index (χ3n) is 10.6. The Morgan fingerprint density at radius 3 is 1.57 bits per heavy atom. The summed E-state index contributed by atoms with van der Waals surface area (Å²) in [5.74, 6) is 1.75.